The fourth-order valence-corrected chi connectivity index (χ4v) is 1.14. The maximum absolute atomic E-state index is 13.4. The van der Waals surface area contributed by atoms with Crippen LogP contribution in [0, 0.1) is 17.0 Å². The van der Waals surface area contributed by atoms with Crippen LogP contribution in [0.3, 0.4) is 0 Å². The molecule has 1 heterocycles. The van der Waals surface area contributed by atoms with Crippen molar-refractivity contribution in [3.63, 3.8) is 0 Å². The van der Waals surface area contributed by atoms with Crippen LogP contribution in [0.2, 0.25) is 0 Å². The van der Waals surface area contributed by atoms with Gasteiger partial charge in [-0.05, 0) is 11.8 Å². The minimum absolute atomic E-state index is 0.000810. The van der Waals surface area contributed by atoms with Crippen molar-refractivity contribution in [3.8, 4) is 0 Å². The zero-order chi connectivity index (χ0) is 13.1. The summed E-state index contributed by atoms with van der Waals surface area (Å²) in [4.78, 5) is 3.73. The van der Waals surface area contributed by atoms with Gasteiger partial charge in [0, 0.05) is 12.6 Å². The second-order valence-electron chi connectivity index (χ2n) is 4.66. The van der Waals surface area contributed by atoms with E-state index < -0.39 is 11.6 Å². The van der Waals surface area contributed by atoms with Gasteiger partial charge in [0.2, 0.25) is 0 Å². The predicted molar refractivity (Wildman–Crippen MR) is 64.5 cm³/mol. The molecule has 0 aliphatic heterocycles. The maximum Gasteiger partial charge on any atom is 0.178 e. The van der Waals surface area contributed by atoms with E-state index in [0.717, 1.165) is 12.5 Å². The minimum atomic E-state index is -0.815. The summed E-state index contributed by atoms with van der Waals surface area (Å²) in [5, 5.41) is 2.86. The summed E-state index contributed by atoms with van der Waals surface area (Å²) < 4.78 is 26.5. The van der Waals surface area contributed by atoms with E-state index in [1.165, 1.54) is 0 Å². The molecule has 0 saturated heterocycles. The third-order valence-corrected chi connectivity index (χ3v) is 2.76. The van der Waals surface area contributed by atoms with Crippen LogP contribution in [0.1, 0.15) is 27.2 Å². The molecular weight excluding hydrogens is 226 g/mol. The zero-order valence-corrected chi connectivity index (χ0v) is 10.3. The number of hydrogen-bond acceptors (Lipinski definition) is 4. The van der Waals surface area contributed by atoms with E-state index in [1.54, 1.807) is 0 Å². The minimum Gasteiger partial charge on any atom is -0.367 e. The molecule has 17 heavy (non-hydrogen) atoms. The summed E-state index contributed by atoms with van der Waals surface area (Å²) in [6.45, 7) is 6.68. The molecule has 1 rings (SSSR count). The third kappa shape index (κ3) is 3.52. The molecule has 0 aliphatic rings. The van der Waals surface area contributed by atoms with Crippen molar-refractivity contribution in [3.05, 3.63) is 17.7 Å². The average Bonchev–Trinajstić information content (AvgIpc) is 2.28. The molecular formula is C11H18F2N4. The lowest BCUT2D eigenvalue weighted by atomic mass is 9.90. The van der Waals surface area contributed by atoms with Gasteiger partial charge in [-0.3, -0.25) is 0 Å². The first-order chi connectivity index (χ1) is 7.89. The first-order valence-electron chi connectivity index (χ1n) is 5.46. The van der Waals surface area contributed by atoms with Crippen LogP contribution in [0.25, 0.3) is 0 Å². The molecule has 0 atom stereocenters. The zero-order valence-electron chi connectivity index (χ0n) is 10.3. The highest BCUT2D eigenvalue weighted by Gasteiger charge is 2.17. The number of aromatic nitrogens is 1. The molecule has 0 fully saturated rings. The van der Waals surface area contributed by atoms with Crippen LogP contribution in [-0.4, -0.2) is 11.5 Å². The van der Waals surface area contributed by atoms with Crippen LogP contribution in [0.5, 0.6) is 0 Å². The first-order valence-corrected chi connectivity index (χ1v) is 5.46. The maximum atomic E-state index is 13.4. The number of halogens is 2. The summed E-state index contributed by atoms with van der Waals surface area (Å²) >= 11 is 0. The molecule has 0 saturated carbocycles. The van der Waals surface area contributed by atoms with Gasteiger partial charge in [-0.25, -0.2) is 19.6 Å². The second kappa shape index (κ2) is 5.27. The molecule has 0 amide bonds. The number of rotatable bonds is 5. The van der Waals surface area contributed by atoms with E-state index in [0.29, 0.717) is 6.54 Å². The number of anilines is 2. The van der Waals surface area contributed by atoms with Crippen molar-refractivity contribution < 1.29 is 8.78 Å². The highest BCUT2D eigenvalue weighted by molar-refractivity contribution is 5.46. The van der Waals surface area contributed by atoms with Crippen LogP contribution in [-0.2, 0) is 0 Å². The quantitative estimate of drug-likeness (QED) is 0.550. The lowest BCUT2D eigenvalue weighted by molar-refractivity contribution is 0.375. The third-order valence-electron chi connectivity index (χ3n) is 2.76. The Labute approximate surface area is 99.6 Å². The molecule has 1 aromatic rings. The lowest BCUT2D eigenvalue weighted by Gasteiger charge is -2.23. The number of nitrogen functional groups attached to an aromatic ring is 1. The van der Waals surface area contributed by atoms with E-state index in [9.17, 15) is 8.78 Å². The number of pyridine rings is 1. The highest BCUT2D eigenvalue weighted by Crippen LogP contribution is 2.23. The van der Waals surface area contributed by atoms with Crippen molar-refractivity contribution >= 4 is 11.6 Å². The van der Waals surface area contributed by atoms with Crippen LogP contribution in [0.4, 0.5) is 20.4 Å². The van der Waals surface area contributed by atoms with Gasteiger partial charge in [-0.2, -0.15) is 0 Å². The largest absolute Gasteiger partial charge is 0.367 e. The van der Waals surface area contributed by atoms with E-state index in [2.05, 4.69) is 15.7 Å². The molecule has 4 nitrogen and oxygen atoms in total. The van der Waals surface area contributed by atoms with Gasteiger partial charge < -0.3 is 10.7 Å². The van der Waals surface area contributed by atoms with Gasteiger partial charge >= 0.3 is 0 Å². The lowest BCUT2D eigenvalue weighted by Crippen LogP contribution is -2.23. The number of nitrogens with two attached hydrogens (primary N) is 1. The van der Waals surface area contributed by atoms with Gasteiger partial charge in [0.05, 0.1) is 0 Å². The molecule has 4 N–H and O–H groups in total. The van der Waals surface area contributed by atoms with Crippen molar-refractivity contribution in [2.75, 3.05) is 17.3 Å². The molecule has 0 aromatic carbocycles. The Balaban J connectivity index is 2.84. The molecule has 0 bridgehead atoms. The summed E-state index contributed by atoms with van der Waals surface area (Å²) in [6, 6.07) is 0.753. The van der Waals surface area contributed by atoms with Crippen LogP contribution < -0.4 is 16.6 Å². The van der Waals surface area contributed by atoms with Crippen molar-refractivity contribution in [2.45, 2.75) is 27.2 Å². The van der Waals surface area contributed by atoms with Gasteiger partial charge in [-0.1, -0.05) is 20.8 Å². The first kappa shape index (κ1) is 13.6. The summed E-state index contributed by atoms with van der Waals surface area (Å²) in [7, 11) is 0. The topological polar surface area (TPSA) is 63.0 Å². The number of nitrogens with zero attached hydrogens (tertiary/aromatic N) is 1. The Morgan fingerprint density at radius 3 is 2.41 bits per heavy atom. The summed E-state index contributed by atoms with van der Waals surface area (Å²) in [5.41, 5.74) is 2.09. The smallest absolute Gasteiger partial charge is 0.178 e. The fourth-order valence-electron chi connectivity index (χ4n) is 1.14. The van der Waals surface area contributed by atoms with Crippen molar-refractivity contribution in [2.24, 2.45) is 11.3 Å². The van der Waals surface area contributed by atoms with E-state index in [1.807, 2.05) is 20.8 Å². The van der Waals surface area contributed by atoms with Gasteiger partial charge in [0.1, 0.15) is 0 Å². The Bertz CT molecular complexity index is 393. The molecule has 0 spiro atoms. The second-order valence-corrected chi connectivity index (χ2v) is 4.66. The van der Waals surface area contributed by atoms with Gasteiger partial charge in [0.15, 0.2) is 23.3 Å². The predicted octanol–water partition coefficient (Wildman–Crippen LogP) is 2.49. The molecule has 96 valence electrons. The monoisotopic (exact) mass is 244 g/mol. The molecule has 6 heteroatoms. The van der Waals surface area contributed by atoms with E-state index in [4.69, 9.17) is 5.84 Å². The van der Waals surface area contributed by atoms with E-state index >= 15 is 0 Å². The summed E-state index contributed by atoms with van der Waals surface area (Å²) in [5.74, 6) is 3.36. The number of hydrogen-bond donors (Lipinski definition) is 3. The average molecular weight is 244 g/mol. The highest BCUT2D eigenvalue weighted by atomic mass is 19.1. The van der Waals surface area contributed by atoms with Crippen molar-refractivity contribution in [1.29, 1.82) is 0 Å². The molecule has 0 aliphatic carbocycles. The number of nitrogens with one attached hydrogen (secondary N) is 2. The number of hydrazine groups is 1. The molecule has 0 unspecified atom stereocenters. The van der Waals surface area contributed by atoms with Crippen LogP contribution in [0.15, 0.2) is 6.07 Å². The molecule has 0 radical (unpaired) electrons. The fraction of sp³-hybridized carbons (Fsp3) is 0.545. The Hall–Kier alpha value is -1.43. The Kier molecular flexibility index (Phi) is 4.22. The van der Waals surface area contributed by atoms with Gasteiger partial charge in [0.25, 0.3) is 0 Å². The van der Waals surface area contributed by atoms with Gasteiger partial charge in [-0.15, -0.1) is 0 Å². The summed E-state index contributed by atoms with van der Waals surface area (Å²) in [6.07, 6.45) is 0.935. The normalized spacial score (nSPS) is 11.4. The Morgan fingerprint density at radius 1 is 1.29 bits per heavy atom. The SMILES string of the molecule is CCC(C)(C)CNc1nc(NN)c(F)cc1F. The Morgan fingerprint density at radius 2 is 1.88 bits per heavy atom. The van der Waals surface area contributed by atoms with Crippen LogP contribution >= 0.6 is 0 Å². The van der Waals surface area contributed by atoms with Crippen molar-refractivity contribution in [1.82, 2.24) is 4.98 Å². The molecule has 1 aromatic heterocycles. The standard InChI is InChI=1S/C11H18F2N4/c1-4-11(2,3)6-15-9-7(12)5-8(13)10(16-9)17-14/h5H,4,6,14H2,1-3H3,(H2,15,16,17). The van der Waals surface area contributed by atoms with E-state index in [-0.39, 0.29) is 17.1 Å².